The summed E-state index contributed by atoms with van der Waals surface area (Å²) >= 11 is 8.49. The Morgan fingerprint density at radius 1 is 1.05 bits per heavy atom. The van der Waals surface area contributed by atoms with E-state index in [-0.39, 0.29) is 5.54 Å². The zero-order chi connectivity index (χ0) is 13.7. The second-order valence-corrected chi connectivity index (χ2v) is 6.32. The third-order valence-electron chi connectivity index (χ3n) is 3.27. The molecule has 0 heterocycles. The van der Waals surface area contributed by atoms with Gasteiger partial charge in [0.25, 0.3) is 0 Å². The second kappa shape index (κ2) is 6.73. The Hall–Kier alpha value is -0.580. The van der Waals surface area contributed by atoms with E-state index < -0.39 is 0 Å². The monoisotopic (exact) mass is 385 g/mol. The number of hydrogen-bond donors (Lipinski definition) is 1. The molecule has 0 spiro atoms. The van der Waals surface area contributed by atoms with Crippen LogP contribution in [-0.2, 0) is 12.1 Å². The van der Waals surface area contributed by atoms with E-state index in [9.17, 15) is 0 Å². The first-order valence-electron chi connectivity index (χ1n) is 6.25. The highest BCUT2D eigenvalue weighted by Crippen LogP contribution is 2.22. The van der Waals surface area contributed by atoms with E-state index in [4.69, 9.17) is 11.6 Å². The molecule has 100 valence electrons. The molecule has 0 amide bonds. The van der Waals surface area contributed by atoms with Gasteiger partial charge in [0.1, 0.15) is 0 Å². The molecule has 1 N–H and O–H groups in total. The summed E-state index contributed by atoms with van der Waals surface area (Å²) in [7, 11) is 0. The van der Waals surface area contributed by atoms with Gasteiger partial charge < -0.3 is 5.32 Å². The fraction of sp³-hybridized carbons (Fsp3) is 0.250. The Morgan fingerprint density at radius 3 is 2.26 bits per heavy atom. The zero-order valence-corrected chi connectivity index (χ0v) is 13.8. The summed E-state index contributed by atoms with van der Waals surface area (Å²) in [4.78, 5) is 0. The number of benzene rings is 2. The van der Waals surface area contributed by atoms with E-state index in [1.165, 1.54) is 14.7 Å². The number of alkyl halides is 1. The Kier molecular flexibility index (Phi) is 5.25. The summed E-state index contributed by atoms with van der Waals surface area (Å²) in [5.74, 6) is 0.543. The van der Waals surface area contributed by atoms with Gasteiger partial charge in [-0.05, 0) is 52.8 Å². The molecule has 0 aliphatic rings. The average Bonchev–Trinajstić information content (AvgIpc) is 2.47. The normalized spacial score (nSPS) is 14.1. The van der Waals surface area contributed by atoms with Crippen molar-refractivity contribution in [2.75, 3.05) is 5.88 Å². The largest absolute Gasteiger partial charge is 0.303 e. The van der Waals surface area contributed by atoms with E-state index in [1.54, 1.807) is 0 Å². The minimum absolute atomic E-state index is 0.203. The molecule has 1 atom stereocenters. The van der Waals surface area contributed by atoms with Crippen LogP contribution in [0.3, 0.4) is 0 Å². The van der Waals surface area contributed by atoms with Crippen LogP contribution >= 0.6 is 34.2 Å². The average molecular weight is 386 g/mol. The third-order valence-corrected chi connectivity index (χ3v) is 4.53. The van der Waals surface area contributed by atoms with Crippen LogP contribution in [0.15, 0.2) is 54.6 Å². The summed E-state index contributed by atoms with van der Waals surface area (Å²) in [6, 6.07) is 18.9. The van der Waals surface area contributed by atoms with Crippen LogP contribution < -0.4 is 5.32 Å². The summed E-state index contributed by atoms with van der Waals surface area (Å²) in [5, 5.41) is 3.56. The van der Waals surface area contributed by atoms with Crippen molar-refractivity contribution in [2.24, 2.45) is 0 Å². The molecule has 0 fully saturated rings. The fourth-order valence-corrected chi connectivity index (χ4v) is 2.54. The van der Waals surface area contributed by atoms with Gasteiger partial charge in [0.15, 0.2) is 0 Å². The number of hydrogen-bond acceptors (Lipinski definition) is 1. The highest BCUT2D eigenvalue weighted by molar-refractivity contribution is 14.1. The molecule has 0 aliphatic carbocycles. The lowest BCUT2D eigenvalue weighted by molar-refractivity contribution is 0.407. The van der Waals surface area contributed by atoms with Crippen molar-refractivity contribution in [3.63, 3.8) is 0 Å². The number of rotatable bonds is 5. The van der Waals surface area contributed by atoms with Crippen molar-refractivity contribution in [1.82, 2.24) is 5.32 Å². The van der Waals surface area contributed by atoms with Gasteiger partial charge in [-0.2, -0.15) is 0 Å². The Balaban J connectivity index is 2.09. The molecule has 1 nitrogen and oxygen atoms in total. The second-order valence-electron chi connectivity index (χ2n) is 4.81. The number of halogens is 2. The van der Waals surface area contributed by atoms with Crippen LogP contribution in [0.25, 0.3) is 0 Å². The lowest BCUT2D eigenvalue weighted by Gasteiger charge is -2.29. The van der Waals surface area contributed by atoms with Gasteiger partial charge >= 0.3 is 0 Å². The SMILES string of the molecule is CC(CCl)(NCc1ccc(I)cc1)c1ccccc1. The van der Waals surface area contributed by atoms with Crippen LogP contribution in [0.4, 0.5) is 0 Å². The highest BCUT2D eigenvalue weighted by atomic mass is 127. The molecule has 1 unspecified atom stereocenters. The molecular weight excluding hydrogens is 369 g/mol. The van der Waals surface area contributed by atoms with Crippen LogP contribution in [0.5, 0.6) is 0 Å². The molecule has 19 heavy (non-hydrogen) atoms. The lowest BCUT2D eigenvalue weighted by atomic mass is 9.94. The lowest BCUT2D eigenvalue weighted by Crippen LogP contribution is -2.40. The molecule has 0 aliphatic heterocycles. The van der Waals surface area contributed by atoms with Crippen LogP contribution in [0, 0.1) is 3.57 Å². The maximum atomic E-state index is 6.17. The van der Waals surface area contributed by atoms with Gasteiger partial charge in [0, 0.05) is 16.0 Å². The Labute approximate surface area is 133 Å². The van der Waals surface area contributed by atoms with E-state index in [1.807, 2.05) is 18.2 Å². The van der Waals surface area contributed by atoms with Crippen LogP contribution in [0.1, 0.15) is 18.1 Å². The van der Waals surface area contributed by atoms with Crippen molar-refractivity contribution in [3.8, 4) is 0 Å². The maximum Gasteiger partial charge on any atom is 0.0545 e. The van der Waals surface area contributed by atoms with E-state index >= 15 is 0 Å². The first-order chi connectivity index (χ1) is 9.14. The van der Waals surface area contributed by atoms with Crippen molar-refractivity contribution < 1.29 is 0 Å². The van der Waals surface area contributed by atoms with Gasteiger partial charge in [-0.15, -0.1) is 11.6 Å². The van der Waals surface area contributed by atoms with Crippen molar-refractivity contribution in [1.29, 1.82) is 0 Å². The molecule has 0 radical (unpaired) electrons. The minimum Gasteiger partial charge on any atom is -0.303 e. The first kappa shape index (κ1) is 14.8. The fourth-order valence-electron chi connectivity index (χ4n) is 1.93. The van der Waals surface area contributed by atoms with Crippen LogP contribution in [-0.4, -0.2) is 5.88 Å². The molecule has 2 aromatic carbocycles. The summed E-state index contributed by atoms with van der Waals surface area (Å²) in [6.07, 6.45) is 0. The molecule has 3 heteroatoms. The van der Waals surface area contributed by atoms with Crippen molar-refractivity contribution in [3.05, 3.63) is 69.3 Å². The highest BCUT2D eigenvalue weighted by Gasteiger charge is 2.24. The Morgan fingerprint density at radius 2 is 1.68 bits per heavy atom. The topological polar surface area (TPSA) is 12.0 Å². The third kappa shape index (κ3) is 3.94. The molecule has 0 bridgehead atoms. The van der Waals surface area contributed by atoms with Gasteiger partial charge in [-0.25, -0.2) is 0 Å². The number of nitrogens with one attached hydrogen (secondary N) is 1. The van der Waals surface area contributed by atoms with E-state index in [0.717, 1.165) is 6.54 Å². The van der Waals surface area contributed by atoms with Gasteiger partial charge in [-0.1, -0.05) is 42.5 Å². The quantitative estimate of drug-likeness (QED) is 0.589. The predicted octanol–water partition coefficient (Wildman–Crippen LogP) is 4.54. The molecular formula is C16H17ClIN. The van der Waals surface area contributed by atoms with E-state index in [2.05, 4.69) is 71.2 Å². The predicted molar refractivity (Wildman–Crippen MR) is 90.5 cm³/mol. The van der Waals surface area contributed by atoms with Gasteiger partial charge in [-0.3, -0.25) is 0 Å². The first-order valence-corrected chi connectivity index (χ1v) is 7.86. The van der Waals surface area contributed by atoms with E-state index in [0.29, 0.717) is 5.88 Å². The molecule has 0 aromatic heterocycles. The summed E-state index contributed by atoms with van der Waals surface area (Å²) < 4.78 is 1.25. The smallest absolute Gasteiger partial charge is 0.0545 e. The molecule has 0 saturated heterocycles. The van der Waals surface area contributed by atoms with Crippen LogP contribution in [0.2, 0.25) is 0 Å². The maximum absolute atomic E-state index is 6.17. The van der Waals surface area contributed by atoms with Crippen molar-refractivity contribution >= 4 is 34.2 Å². The molecule has 2 aromatic rings. The van der Waals surface area contributed by atoms with Crippen molar-refractivity contribution in [2.45, 2.75) is 19.0 Å². The molecule has 2 rings (SSSR count). The summed E-state index contributed by atoms with van der Waals surface area (Å²) in [5.41, 5.74) is 2.29. The molecule has 0 saturated carbocycles. The minimum atomic E-state index is -0.203. The summed E-state index contributed by atoms with van der Waals surface area (Å²) in [6.45, 7) is 2.96. The zero-order valence-electron chi connectivity index (χ0n) is 10.9. The van der Waals surface area contributed by atoms with Gasteiger partial charge in [0.05, 0.1) is 5.54 Å². The standard InChI is InChI=1S/C16H17ClIN/c1-16(12-17,14-5-3-2-4-6-14)19-11-13-7-9-15(18)10-8-13/h2-10,19H,11-12H2,1H3. The van der Waals surface area contributed by atoms with Gasteiger partial charge in [0.2, 0.25) is 0 Å². The Bertz CT molecular complexity index is 512.